The van der Waals surface area contributed by atoms with Crippen molar-refractivity contribution in [3.8, 4) is 11.3 Å². The Bertz CT molecular complexity index is 1060. The maximum absolute atomic E-state index is 13.8. The van der Waals surface area contributed by atoms with Gasteiger partial charge in [-0.2, -0.15) is 0 Å². The SMILES string of the molecule is COC(=O)c1cc(NC(=O)CCc2ncc(-c3ccccc3F)o2)cc(C)c1C. The normalized spacial score (nSPS) is 10.6. The van der Waals surface area contributed by atoms with E-state index in [0.29, 0.717) is 28.5 Å². The average molecular weight is 396 g/mol. The largest absolute Gasteiger partial charge is 0.465 e. The molecule has 0 atom stereocenters. The molecule has 0 fully saturated rings. The van der Waals surface area contributed by atoms with Crippen LogP contribution in [0.4, 0.5) is 10.1 Å². The van der Waals surface area contributed by atoms with Crippen molar-refractivity contribution in [1.82, 2.24) is 4.98 Å². The molecule has 1 N–H and O–H groups in total. The second-order valence-electron chi connectivity index (χ2n) is 6.60. The Balaban J connectivity index is 1.65. The molecular formula is C22H21FN2O4. The van der Waals surface area contributed by atoms with Gasteiger partial charge in [0.1, 0.15) is 5.82 Å². The lowest BCUT2D eigenvalue weighted by atomic mass is 10.0. The van der Waals surface area contributed by atoms with Crippen molar-refractivity contribution in [2.24, 2.45) is 0 Å². The molecule has 0 aliphatic heterocycles. The number of halogens is 1. The van der Waals surface area contributed by atoms with Gasteiger partial charge in [0.25, 0.3) is 0 Å². The molecule has 150 valence electrons. The summed E-state index contributed by atoms with van der Waals surface area (Å²) in [6, 6.07) is 9.63. The van der Waals surface area contributed by atoms with E-state index in [1.807, 2.05) is 13.8 Å². The quantitative estimate of drug-likeness (QED) is 0.623. The molecular weight excluding hydrogens is 375 g/mol. The van der Waals surface area contributed by atoms with Gasteiger partial charge in [0.2, 0.25) is 5.91 Å². The Morgan fingerprint density at radius 1 is 1.21 bits per heavy atom. The number of carbonyl (C=O) groups excluding carboxylic acids is 2. The monoisotopic (exact) mass is 396 g/mol. The Morgan fingerprint density at radius 3 is 2.69 bits per heavy atom. The summed E-state index contributed by atoms with van der Waals surface area (Å²) in [6.45, 7) is 3.68. The summed E-state index contributed by atoms with van der Waals surface area (Å²) < 4.78 is 24.2. The summed E-state index contributed by atoms with van der Waals surface area (Å²) in [5, 5.41) is 2.77. The summed E-state index contributed by atoms with van der Waals surface area (Å²) in [4.78, 5) is 28.3. The van der Waals surface area contributed by atoms with E-state index in [1.165, 1.54) is 19.4 Å². The highest BCUT2D eigenvalue weighted by Gasteiger charge is 2.15. The Morgan fingerprint density at radius 2 is 1.97 bits per heavy atom. The minimum absolute atomic E-state index is 0.123. The van der Waals surface area contributed by atoms with Crippen LogP contribution in [0, 0.1) is 19.7 Å². The number of hydrogen-bond donors (Lipinski definition) is 1. The fourth-order valence-corrected chi connectivity index (χ4v) is 2.91. The van der Waals surface area contributed by atoms with Gasteiger partial charge in [-0.1, -0.05) is 12.1 Å². The van der Waals surface area contributed by atoms with Gasteiger partial charge in [-0.3, -0.25) is 4.79 Å². The first-order valence-corrected chi connectivity index (χ1v) is 9.08. The summed E-state index contributed by atoms with van der Waals surface area (Å²) in [5.41, 5.74) is 2.91. The van der Waals surface area contributed by atoms with Crippen molar-refractivity contribution in [2.45, 2.75) is 26.7 Å². The number of oxazole rings is 1. The Kier molecular flexibility index (Phi) is 6.07. The number of hydrogen-bond acceptors (Lipinski definition) is 5. The van der Waals surface area contributed by atoms with Crippen molar-refractivity contribution < 1.29 is 23.1 Å². The zero-order valence-electron chi connectivity index (χ0n) is 16.4. The summed E-state index contributed by atoms with van der Waals surface area (Å²) in [5.74, 6) is -0.454. The van der Waals surface area contributed by atoms with Crippen LogP contribution in [0.25, 0.3) is 11.3 Å². The number of anilines is 1. The minimum Gasteiger partial charge on any atom is -0.465 e. The Hall–Kier alpha value is -3.48. The van der Waals surface area contributed by atoms with E-state index in [1.54, 1.807) is 30.3 Å². The van der Waals surface area contributed by atoms with Crippen molar-refractivity contribution in [2.75, 3.05) is 12.4 Å². The van der Waals surface area contributed by atoms with E-state index in [4.69, 9.17) is 9.15 Å². The van der Waals surface area contributed by atoms with Crippen molar-refractivity contribution in [3.63, 3.8) is 0 Å². The fraction of sp³-hybridized carbons (Fsp3) is 0.227. The van der Waals surface area contributed by atoms with E-state index in [0.717, 1.165) is 11.1 Å². The smallest absolute Gasteiger partial charge is 0.338 e. The number of nitrogens with one attached hydrogen (secondary N) is 1. The van der Waals surface area contributed by atoms with Gasteiger partial charge in [0.05, 0.1) is 24.4 Å². The maximum atomic E-state index is 13.8. The van der Waals surface area contributed by atoms with Crippen LogP contribution in [0.2, 0.25) is 0 Å². The number of aromatic nitrogens is 1. The first-order chi connectivity index (χ1) is 13.9. The van der Waals surface area contributed by atoms with E-state index >= 15 is 0 Å². The van der Waals surface area contributed by atoms with Crippen LogP contribution < -0.4 is 5.32 Å². The molecule has 0 unspecified atom stereocenters. The van der Waals surface area contributed by atoms with Crippen LogP contribution in [0.1, 0.15) is 33.8 Å². The van der Waals surface area contributed by atoms with Gasteiger partial charge in [0.15, 0.2) is 11.7 Å². The third-order valence-corrected chi connectivity index (χ3v) is 4.62. The molecule has 3 aromatic rings. The number of nitrogens with zero attached hydrogens (tertiary/aromatic N) is 1. The van der Waals surface area contributed by atoms with Gasteiger partial charge < -0.3 is 14.5 Å². The zero-order chi connectivity index (χ0) is 21.0. The lowest BCUT2D eigenvalue weighted by Gasteiger charge is -2.11. The summed E-state index contributed by atoms with van der Waals surface area (Å²) in [7, 11) is 1.31. The standard InChI is InChI=1S/C22H21FN2O4/c1-13-10-15(11-17(14(13)2)22(27)28-3)25-20(26)8-9-21-24-12-19(29-21)16-6-4-5-7-18(16)23/h4-7,10-12H,8-9H2,1-3H3,(H,25,26). The average Bonchev–Trinajstić information content (AvgIpc) is 3.17. The molecule has 3 rings (SSSR count). The van der Waals surface area contributed by atoms with Gasteiger partial charge in [-0.25, -0.2) is 14.2 Å². The number of methoxy groups -OCH3 is 1. The molecule has 1 heterocycles. The number of ether oxygens (including phenoxy) is 1. The maximum Gasteiger partial charge on any atom is 0.338 e. The molecule has 0 saturated heterocycles. The van der Waals surface area contributed by atoms with Crippen LogP contribution in [0.3, 0.4) is 0 Å². The predicted octanol–water partition coefficient (Wildman–Crippen LogP) is 4.46. The van der Waals surface area contributed by atoms with E-state index in [-0.39, 0.29) is 18.7 Å². The van der Waals surface area contributed by atoms with Crippen LogP contribution in [0.5, 0.6) is 0 Å². The molecule has 0 radical (unpaired) electrons. The minimum atomic E-state index is -0.456. The third kappa shape index (κ3) is 4.68. The molecule has 2 aromatic carbocycles. The molecule has 0 bridgehead atoms. The molecule has 1 aromatic heterocycles. The molecule has 0 aliphatic carbocycles. The number of benzene rings is 2. The second-order valence-corrected chi connectivity index (χ2v) is 6.60. The summed E-state index contributed by atoms with van der Waals surface area (Å²) >= 11 is 0. The zero-order valence-corrected chi connectivity index (χ0v) is 16.4. The van der Waals surface area contributed by atoms with Gasteiger partial charge >= 0.3 is 5.97 Å². The number of aryl methyl sites for hydroxylation is 2. The van der Waals surface area contributed by atoms with Crippen molar-refractivity contribution >= 4 is 17.6 Å². The van der Waals surface area contributed by atoms with Crippen molar-refractivity contribution in [3.05, 3.63) is 71.0 Å². The van der Waals surface area contributed by atoms with Crippen LogP contribution in [-0.4, -0.2) is 24.0 Å². The highest BCUT2D eigenvalue weighted by molar-refractivity contribution is 5.96. The van der Waals surface area contributed by atoms with Crippen LogP contribution >= 0.6 is 0 Å². The molecule has 0 aliphatic rings. The lowest BCUT2D eigenvalue weighted by molar-refractivity contribution is -0.116. The number of carbonyl (C=O) groups is 2. The highest BCUT2D eigenvalue weighted by Crippen LogP contribution is 2.24. The van der Waals surface area contributed by atoms with Gasteiger partial charge in [-0.15, -0.1) is 0 Å². The number of rotatable bonds is 6. The topological polar surface area (TPSA) is 81.4 Å². The first kappa shape index (κ1) is 20.3. The second kappa shape index (κ2) is 8.68. The summed E-state index contributed by atoms with van der Waals surface area (Å²) in [6.07, 6.45) is 1.82. The molecule has 0 spiro atoms. The van der Waals surface area contributed by atoms with Gasteiger partial charge in [0, 0.05) is 18.5 Å². The van der Waals surface area contributed by atoms with E-state index < -0.39 is 11.8 Å². The fourth-order valence-electron chi connectivity index (χ4n) is 2.91. The molecule has 6 nitrogen and oxygen atoms in total. The third-order valence-electron chi connectivity index (χ3n) is 4.62. The van der Waals surface area contributed by atoms with Gasteiger partial charge in [-0.05, 0) is 49.2 Å². The first-order valence-electron chi connectivity index (χ1n) is 9.08. The molecule has 0 saturated carbocycles. The highest BCUT2D eigenvalue weighted by atomic mass is 19.1. The van der Waals surface area contributed by atoms with Crippen molar-refractivity contribution in [1.29, 1.82) is 0 Å². The molecule has 7 heteroatoms. The Labute approximate surface area is 167 Å². The number of amides is 1. The molecule has 1 amide bonds. The van der Waals surface area contributed by atoms with Crippen LogP contribution in [-0.2, 0) is 16.0 Å². The van der Waals surface area contributed by atoms with Crippen LogP contribution in [0.15, 0.2) is 47.0 Å². The molecule has 29 heavy (non-hydrogen) atoms. The van der Waals surface area contributed by atoms with E-state index in [2.05, 4.69) is 10.3 Å². The predicted molar refractivity (Wildman–Crippen MR) is 106 cm³/mol. The van der Waals surface area contributed by atoms with E-state index in [9.17, 15) is 14.0 Å². The lowest BCUT2D eigenvalue weighted by Crippen LogP contribution is -2.14. The number of esters is 1.